The molecule has 0 unspecified atom stereocenters. The summed E-state index contributed by atoms with van der Waals surface area (Å²) in [6.45, 7) is 1.99. The molecule has 2 aromatic heterocycles. The quantitative estimate of drug-likeness (QED) is 0.357. The first-order valence-electron chi connectivity index (χ1n) is 10.0. The summed E-state index contributed by atoms with van der Waals surface area (Å²) in [5.41, 5.74) is 2.78. The molecule has 7 heteroatoms. The molecule has 6 rings (SSSR count). The van der Waals surface area contributed by atoms with Crippen LogP contribution in [0.1, 0.15) is 33.3 Å². The van der Waals surface area contributed by atoms with E-state index in [0.29, 0.717) is 21.7 Å². The van der Waals surface area contributed by atoms with Crippen LogP contribution in [-0.4, -0.2) is 10.9 Å². The molecule has 3 heterocycles. The lowest BCUT2D eigenvalue weighted by atomic mass is 9.99. The van der Waals surface area contributed by atoms with Crippen LogP contribution < -0.4 is 10.3 Å². The number of amides is 1. The number of hydrogen-bond donors (Lipinski definition) is 0. The smallest absolute Gasteiger partial charge is 0.297 e. The minimum Gasteiger partial charge on any atom is -0.450 e. The summed E-state index contributed by atoms with van der Waals surface area (Å²) in [7, 11) is 0. The van der Waals surface area contributed by atoms with Crippen molar-refractivity contribution in [3.8, 4) is 0 Å². The number of carbonyl (C=O) groups is 1. The Balaban J connectivity index is 1.64. The number of thiazole rings is 1. The SMILES string of the molecule is Cc1ccc2nc(N3C(=O)c4oc5ccccc5c(=O)c4[C@@H]3c3ccc(F)cc3)sc2c1. The highest BCUT2D eigenvalue weighted by Gasteiger charge is 2.45. The van der Waals surface area contributed by atoms with Crippen LogP contribution in [0.3, 0.4) is 0 Å². The number of para-hydroxylation sites is 1. The monoisotopic (exact) mass is 442 g/mol. The fourth-order valence-corrected chi connectivity index (χ4v) is 5.29. The van der Waals surface area contributed by atoms with Crippen molar-refractivity contribution in [2.45, 2.75) is 13.0 Å². The molecule has 5 aromatic rings. The molecule has 0 radical (unpaired) electrons. The van der Waals surface area contributed by atoms with E-state index in [4.69, 9.17) is 4.42 Å². The normalized spacial score (nSPS) is 15.6. The van der Waals surface area contributed by atoms with Crippen molar-refractivity contribution in [2.24, 2.45) is 0 Å². The Kier molecular flexibility index (Phi) is 4.03. The first-order valence-corrected chi connectivity index (χ1v) is 10.8. The van der Waals surface area contributed by atoms with E-state index in [-0.39, 0.29) is 16.8 Å². The summed E-state index contributed by atoms with van der Waals surface area (Å²) in [5.74, 6) is -0.836. The van der Waals surface area contributed by atoms with E-state index in [1.165, 1.54) is 28.4 Å². The molecule has 1 atom stereocenters. The first kappa shape index (κ1) is 18.9. The van der Waals surface area contributed by atoms with E-state index in [0.717, 1.165) is 15.8 Å². The van der Waals surface area contributed by atoms with Crippen LogP contribution in [0.15, 0.2) is 75.9 Å². The number of fused-ring (bicyclic) bond motifs is 3. The lowest BCUT2D eigenvalue weighted by molar-refractivity contribution is 0.0971. The minimum atomic E-state index is -0.763. The molecule has 0 saturated carbocycles. The summed E-state index contributed by atoms with van der Waals surface area (Å²) in [4.78, 5) is 33.2. The second-order valence-electron chi connectivity index (χ2n) is 7.77. The summed E-state index contributed by atoms with van der Waals surface area (Å²) < 4.78 is 20.5. The minimum absolute atomic E-state index is 0.00142. The van der Waals surface area contributed by atoms with Gasteiger partial charge in [0.05, 0.1) is 27.2 Å². The number of halogens is 1. The van der Waals surface area contributed by atoms with Crippen molar-refractivity contribution in [1.82, 2.24) is 4.98 Å². The number of rotatable bonds is 2. The van der Waals surface area contributed by atoms with Crippen LogP contribution in [-0.2, 0) is 0 Å². The maximum Gasteiger partial charge on any atom is 0.297 e. The van der Waals surface area contributed by atoms with E-state index in [1.54, 1.807) is 36.4 Å². The van der Waals surface area contributed by atoms with Crippen LogP contribution in [0, 0.1) is 12.7 Å². The fourth-order valence-electron chi connectivity index (χ4n) is 4.20. The number of nitrogens with zero attached hydrogens (tertiary/aromatic N) is 2. The Bertz CT molecular complexity index is 1600. The van der Waals surface area contributed by atoms with Gasteiger partial charge in [0.25, 0.3) is 5.91 Å². The molecule has 0 aliphatic carbocycles. The predicted molar refractivity (Wildman–Crippen MR) is 122 cm³/mol. The maximum absolute atomic E-state index is 13.7. The van der Waals surface area contributed by atoms with Gasteiger partial charge in [-0.2, -0.15) is 0 Å². The second kappa shape index (κ2) is 6.83. The predicted octanol–water partition coefficient (Wildman–Crippen LogP) is 5.60. The molecule has 1 amide bonds. The third kappa shape index (κ3) is 2.71. The van der Waals surface area contributed by atoms with Crippen molar-refractivity contribution in [3.63, 3.8) is 0 Å². The van der Waals surface area contributed by atoms with E-state index in [1.807, 2.05) is 25.1 Å². The number of benzene rings is 3. The topological polar surface area (TPSA) is 63.4 Å². The number of aryl methyl sites for hydroxylation is 1. The van der Waals surface area contributed by atoms with Crippen molar-refractivity contribution in [2.75, 3.05) is 4.90 Å². The second-order valence-corrected chi connectivity index (χ2v) is 8.78. The molecular formula is C25H15FN2O3S. The molecule has 156 valence electrons. The Morgan fingerprint density at radius 2 is 1.81 bits per heavy atom. The molecule has 1 aliphatic rings. The van der Waals surface area contributed by atoms with Crippen molar-refractivity contribution < 1.29 is 13.6 Å². The van der Waals surface area contributed by atoms with E-state index < -0.39 is 17.8 Å². The van der Waals surface area contributed by atoms with Gasteiger partial charge >= 0.3 is 0 Å². The third-order valence-corrected chi connectivity index (χ3v) is 6.72. The molecule has 0 bridgehead atoms. The summed E-state index contributed by atoms with van der Waals surface area (Å²) in [6, 6.07) is 17.8. The third-order valence-electron chi connectivity index (χ3n) is 5.70. The average molecular weight is 442 g/mol. The molecule has 32 heavy (non-hydrogen) atoms. The molecule has 1 aliphatic heterocycles. The van der Waals surface area contributed by atoms with Gasteiger partial charge in [-0.25, -0.2) is 9.37 Å². The van der Waals surface area contributed by atoms with Gasteiger partial charge < -0.3 is 4.42 Å². The van der Waals surface area contributed by atoms with Crippen LogP contribution in [0.2, 0.25) is 0 Å². The summed E-state index contributed by atoms with van der Waals surface area (Å²) >= 11 is 1.37. The molecule has 0 fully saturated rings. The van der Waals surface area contributed by atoms with Gasteiger partial charge in [-0.05, 0) is 54.4 Å². The van der Waals surface area contributed by atoms with Gasteiger partial charge in [0, 0.05) is 0 Å². The highest BCUT2D eigenvalue weighted by molar-refractivity contribution is 7.22. The highest BCUT2D eigenvalue weighted by Crippen LogP contribution is 2.43. The van der Waals surface area contributed by atoms with Crippen LogP contribution in [0.25, 0.3) is 21.2 Å². The van der Waals surface area contributed by atoms with Gasteiger partial charge in [-0.3, -0.25) is 14.5 Å². The standard InChI is InChI=1S/C25H15FN2O3S/c1-13-6-11-17-19(12-13)32-25(27-17)28-21(14-7-9-15(26)10-8-14)20-22(29)16-4-2-3-5-18(16)31-23(20)24(28)30/h2-12,21H,1H3/t21-/m0/s1. The molecule has 3 aromatic carbocycles. The number of anilines is 1. The maximum atomic E-state index is 13.7. The van der Waals surface area contributed by atoms with Crippen LogP contribution in [0.4, 0.5) is 9.52 Å². The number of aromatic nitrogens is 1. The zero-order chi connectivity index (χ0) is 22.0. The van der Waals surface area contributed by atoms with Gasteiger partial charge in [-0.1, -0.05) is 41.7 Å². The van der Waals surface area contributed by atoms with Gasteiger partial charge in [0.2, 0.25) is 5.76 Å². The lowest BCUT2D eigenvalue weighted by Crippen LogP contribution is -2.29. The Hall–Kier alpha value is -3.84. The van der Waals surface area contributed by atoms with E-state index >= 15 is 0 Å². The molecule has 0 spiro atoms. The van der Waals surface area contributed by atoms with Crippen molar-refractivity contribution in [3.05, 3.63) is 105 Å². The Labute approximate surface area is 185 Å². The number of hydrogen-bond acceptors (Lipinski definition) is 5. The molecule has 0 saturated heterocycles. The van der Waals surface area contributed by atoms with E-state index in [2.05, 4.69) is 4.98 Å². The van der Waals surface area contributed by atoms with Crippen LogP contribution >= 0.6 is 11.3 Å². The first-order chi connectivity index (χ1) is 15.5. The number of carbonyl (C=O) groups excluding carboxylic acids is 1. The molecular weight excluding hydrogens is 427 g/mol. The van der Waals surface area contributed by atoms with Gasteiger partial charge in [0.1, 0.15) is 11.4 Å². The van der Waals surface area contributed by atoms with Crippen molar-refractivity contribution in [1.29, 1.82) is 0 Å². The summed E-state index contributed by atoms with van der Waals surface area (Å²) in [5, 5.41) is 0.854. The van der Waals surface area contributed by atoms with Crippen molar-refractivity contribution >= 4 is 43.6 Å². The largest absolute Gasteiger partial charge is 0.450 e. The summed E-state index contributed by atoms with van der Waals surface area (Å²) in [6.07, 6.45) is 0. The average Bonchev–Trinajstić information content (AvgIpc) is 3.33. The lowest BCUT2D eigenvalue weighted by Gasteiger charge is -2.22. The zero-order valence-corrected chi connectivity index (χ0v) is 17.7. The highest BCUT2D eigenvalue weighted by atomic mass is 32.1. The van der Waals surface area contributed by atoms with Gasteiger partial charge in [0.15, 0.2) is 10.6 Å². The molecule has 0 N–H and O–H groups in total. The Morgan fingerprint density at radius 3 is 2.62 bits per heavy atom. The fraction of sp³-hybridized carbons (Fsp3) is 0.0800. The molecule has 5 nitrogen and oxygen atoms in total. The van der Waals surface area contributed by atoms with Gasteiger partial charge in [-0.15, -0.1) is 0 Å². The zero-order valence-electron chi connectivity index (χ0n) is 16.8. The Morgan fingerprint density at radius 1 is 1.03 bits per heavy atom. The van der Waals surface area contributed by atoms with Crippen LogP contribution in [0.5, 0.6) is 0 Å². The van der Waals surface area contributed by atoms with E-state index in [9.17, 15) is 14.0 Å².